The number of aliphatic carboxylic acids is 1. The number of nitrogens with two attached hydrogens (primary N) is 1. The van der Waals surface area contributed by atoms with E-state index >= 15 is 0 Å². The molecule has 2 amide bonds. The smallest absolute Gasteiger partial charge is 0.410 e. The highest BCUT2D eigenvalue weighted by atomic mass is 32.2. The molecule has 6 aromatic rings. The lowest BCUT2D eigenvalue weighted by molar-refractivity contribution is -0.271. The number of carboxylic acids is 2. The molecule has 12 rings (SSSR count). The number of methoxy groups -OCH3 is 2. The second kappa shape index (κ2) is 29.5. The van der Waals surface area contributed by atoms with Crippen molar-refractivity contribution in [1.82, 2.24) is 30.0 Å². The second-order valence-corrected chi connectivity index (χ2v) is 29.9. The number of carbonyl (C=O) groups is 4. The van der Waals surface area contributed by atoms with Gasteiger partial charge in [0.2, 0.25) is 6.29 Å². The van der Waals surface area contributed by atoms with E-state index in [1.807, 2.05) is 46.8 Å². The van der Waals surface area contributed by atoms with Gasteiger partial charge in [0.1, 0.15) is 42.2 Å². The summed E-state index contributed by atoms with van der Waals surface area (Å²) in [4.78, 5) is 65.8. The van der Waals surface area contributed by atoms with Crippen molar-refractivity contribution in [3.05, 3.63) is 113 Å². The molecule has 0 spiro atoms. The van der Waals surface area contributed by atoms with Gasteiger partial charge in [0.25, 0.3) is 16.0 Å². The number of aliphatic hydroxyl groups is 3. The molecule has 98 heavy (non-hydrogen) atoms. The summed E-state index contributed by atoms with van der Waals surface area (Å²) in [5, 5.41) is 66.5. The van der Waals surface area contributed by atoms with Gasteiger partial charge < -0.3 is 80.1 Å². The molecule has 28 nitrogen and oxygen atoms in total. The van der Waals surface area contributed by atoms with Gasteiger partial charge >= 0.3 is 18.0 Å². The molecule has 4 aliphatic carbocycles. The molecule has 3 aromatic heterocycles. The minimum absolute atomic E-state index is 0.0357. The molecule has 5 fully saturated rings. The predicted octanol–water partition coefficient (Wildman–Crippen LogP) is 6.20. The van der Waals surface area contributed by atoms with Gasteiger partial charge in [-0.15, -0.1) is 0 Å². The first kappa shape index (κ1) is 71.4. The SMILES string of the molecule is COCCN(CCOC12CC3(C)CC(C)(CC(Cn4ncc(-c5ccc(N6CCc7c(OC)ccc(C(=O)Nc8nc9ccccc9s8)c7C6)nc5C(=O)O)c4C)(C3)C1)C2)C(=O)OC/C=C/c1ccc(O[C@@H]2O[C@H](C(=O)O)[C@@H](O)[C@H](O)[C@H]2O)c(NCCCNC[C@@H](N)CS(=O)(=O)O)c1. The van der Waals surface area contributed by atoms with Crippen molar-refractivity contribution in [3.63, 3.8) is 0 Å². The average molecular weight is 1400 g/mol. The first-order chi connectivity index (χ1) is 46.7. The van der Waals surface area contributed by atoms with Crippen molar-refractivity contribution in [2.24, 2.45) is 22.0 Å². The Morgan fingerprint density at radius 1 is 0.888 bits per heavy atom. The summed E-state index contributed by atoms with van der Waals surface area (Å²) in [5.74, 6) is -2.46. The van der Waals surface area contributed by atoms with Crippen LogP contribution in [0, 0.1) is 23.2 Å². The van der Waals surface area contributed by atoms with E-state index in [1.165, 1.54) is 17.4 Å². The molecule has 2 aliphatic heterocycles. The number of carboxylic acid groups (broad SMARTS) is 2. The van der Waals surface area contributed by atoms with E-state index in [2.05, 4.69) is 34.8 Å². The van der Waals surface area contributed by atoms with Crippen LogP contribution in [0.15, 0.2) is 79.0 Å². The minimum Gasteiger partial charge on any atom is -0.496 e. The number of nitrogens with zero attached hydrogens (tertiary/aromatic N) is 6. The highest BCUT2D eigenvalue weighted by Crippen LogP contribution is 2.72. The lowest BCUT2D eigenvalue weighted by Crippen LogP contribution is -2.64. The van der Waals surface area contributed by atoms with E-state index in [0.717, 1.165) is 65.6 Å². The van der Waals surface area contributed by atoms with Crippen LogP contribution in [0.4, 0.5) is 21.4 Å². The van der Waals surface area contributed by atoms with Crippen LogP contribution in [0.2, 0.25) is 0 Å². The molecule has 30 heteroatoms. The summed E-state index contributed by atoms with van der Waals surface area (Å²) in [6, 6.07) is 18.9. The molecule has 6 aliphatic rings. The number of benzene rings is 3. The molecule has 5 heterocycles. The van der Waals surface area contributed by atoms with Gasteiger partial charge in [-0.2, -0.15) is 13.5 Å². The number of aromatic nitrogens is 4. The lowest BCUT2D eigenvalue weighted by Gasteiger charge is -2.69. The maximum Gasteiger partial charge on any atom is 0.410 e. The van der Waals surface area contributed by atoms with Gasteiger partial charge in [0.15, 0.2) is 16.9 Å². The van der Waals surface area contributed by atoms with Crippen LogP contribution in [0.25, 0.3) is 27.4 Å². The number of carbonyl (C=O) groups excluding carboxylic acids is 2. The number of thiazole rings is 1. The molecule has 3 aromatic carbocycles. The zero-order chi connectivity index (χ0) is 69.9. The summed E-state index contributed by atoms with van der Waals surface area (Å²) in [5.41, 5.74) is 10.7. The van der Waals surface area contributed by atoms with Crippen molar-refractivity contribution in [2.45, 2.75) is 128 Å². The van der Waals surface area contributed by atoms with Crippen LogP contribution in [-0.4, -0.2) is 209 Å². The summed E-state index contributed by atoms with van der Waals surface area (Å²) in [6.45, 7) is 9.69. The van der Waals surface area contributed by atoms with Gasteiger partial charge in [-0.3, -0.25) is 19.3 Å². The number of nitrogens with one attached hydrogen (secondary N) is 3. The third-order valence-electron chi connectivity index (χ3n) is 19.2. The van der Waals surface area contributed by atoms with Crippen LogP contribution >= 0.6 is 11.3 Å². The molecule has 4 bridgehead atoms. The Bertz CT molecular complexity index is 4020. The van der Waals surface area contributed by atoms with Crippen molar-refractivity contribution in [2.75, 3.05) is 94.6 Å². The van der Waals surface area contributed by atoms with Gasteiger partial charge in [0.05, 0.1) is 53.8 Å². The molecule has 4 saturated carbocycles. The maximum atomic E-state index is 14.0. The summed E-state index contributed by atoms with van der Waals surface area (Å²) >= 11 is 1.39. The third kappa shape index (κ3) is 16.2. The molecule has 1 saturated heterocycles. The Morgan fingerprint density at radius 2 is 1.64 bits per heavy atom. The number of rotatable bonds is 30. The number of aromatic carboxylic acids is 1. The van der Waals surface area contributed by atoms with E-state index in [0.29, 0.717) is 83.7 Å². The standard InChI is InChI=1S/C68H86N10O18S2/c1-40-46(44-15-18-53(74-54(44)60(83)84)77-22-19-43-47(31-77)45(14-17-50(43)92-5)59(82)75-63-73-48-11-6-7-12-52(48)97-63)30-72-78(40)39-67-34-65(2)33-66(3,35-67)37-68(36-65,38-67)94-27-24-76(23-26-91-4)64(87)93-25-8-10-41-13-16-51(95-62-57(81)55(79)56(80)58(96-62)61(85)86)49(28-41)71-21-9-20-70-29-42(69)32-98(88,89)90/h6-8,10-18,28,30,42,55-58,62,70-71,79-81H,9,19-27,29,31-39,69H2,1-5H3,(H,83,84)(H,85,86)(H,73,75,82)(H,88,89,90)/b10-8+/t42-,55+,56+,57-,58+,62-,65?,66?,67?,68?/m1/s1. The summed E-state index contributed by atoms with van der Waals surface area (Å²) in [7, 11) is -1.10. The Labute approximate surface area is 571 Å². The van der Waals surface area contributed by atoms with Crippen LogP contribution in [-0.2, 0) is 53.4 Å². The predicted molar refractivity (Wildman–Crippen MR) is 363 cm³/mol. The lowest BCUT2D eigenvalue weighted by atomic mass is 9.39. The van der Waals surface area contributed by atoms with E-state index in [4.69, 9.17) is 48.8 Å². The Kier molecular flexibility index (Phi) is 21.5. The topological polar surface area (TPSA) is 391 Å². The number of hydrogen-bond acceptors (Lipinski definition) is 23. The molecular formula is C68H86N10O18S2. The minimum atomic E-state index is -4.25. The van der Waals surface area contributed by atoms with E-state index in [9.17, 15) is 53.1 Å². The van der Waals surface area contributed by atoms with Crippen molar-refractivity contribution >= 4 is 78.3 Å². The van der Waals surface area contributed by atoms with E-state index < -0.39 is 76.3 Å². The molecular weight excluding hydrogens is 1310 g/mol. The van der Waals surface area contributed by atoms with Gasteiger partial charge in [-0.1, -0.05) is 49.5 Å². The van der Waals surface area contributed by atoms with Crippen molar-refractivity contribution < 1.29 is 86.1 Å². The second-order valence-electron chi connectivity index (χ2n) is 27.3. The number of fused-ring (bicyclic) bond motifs is 2. The van der Waals surface area contributed by atoms with Crippen LogP contribution in [0.1, 0.15) is 102 Å². The molecule has 11 N–H and O–H groups in total. The zero-order valence-electron chi connectivity index (χ0n) is 55.3. The monoisotopic (exact) mass is 1390 g/mol. The number of pyridine rings is 1. The Morgan fingerprint density at radius 3 is 2.37 bits per heavy atom. The van der Waals surface area contributed by atoms with Crippen LogP contribution in [0.5, 0.6) is 11.5 Å². The summed E-state index contributed by atoms with van der Waals surface area (Å²) < 4.78 is 69.8. The number of hydrogen-bond donors (Lipinski definition) is 10. The normalized spacial score (nSPS) is 25.3. The molecule has 2 unspecified atom stereocenters. The summed E-state index contributed by atoms with van der Waals surface area (Å²) in [6.07, 6.45) is 1.72. The first-order valence-electron chi connectivity index (χ1n) is 32.7. The molecule has 528 valence electrons. The maximum absolute atomic E-state index is 14.0. The number of amides is 2. The number of para-hydroxylation sites is 1. The van der Waals surface area contributed by atoms with E-state index in [-0.39, 0.29) is 79.6 Å². The highest BCUT2D eigenvalue weighted by molar-refractivity contribution is 7.85. The fraction of sp³-hybridized carbons (Fsp3) is 0.515. The molecule has 8 atom stereocenters. The van der Waals surface area contributed by atoms with Crippen LogP contribution in [0.3, 0.4) is 0 Å². The van der Waals surface area contributed by atoms with Crippen molar-refractivity contribution in [3.8, 4) is 22.6 Å². The quantitative estimate of drug-likeness (QED) is 0.0177. The zero-order valence-corrected chi connectivity index (χ0v) is 57.0. The van der Waals surface area contributed by atoms with Crippen LogP contribution < -0.4 is 36.1 Å². The van der Waals surface area contributed by atoms with Gasteiger partial charge in [0, 0.05) is 86.9 Å². The molecule has 0 radical (unpaired) electrons. The van der Waals surface area contributed by atoms with Gasteiger partial charge in [-0.05, 0) is 147 Å². The van der Waals surface area contributed by atoms with Crippen molar-refractivity contribution in [1.29, 1.82) is 0 Å². The number of aliphatic hydroxyl groups excluding tert-OH is 3. The largest absolute Gasteiger partial charge is 0.496 e. The number of anilines is 3. The Hall–Kier alpha value is -7.88. The van der Waals surface area contributed by atoms with Gasteiger partial charge in [-0.25, -0.2) is 24.4 Å². The third-order valence-corrected chi connectivity index (χ3v) is 21.0. The first-order valence-corrected chi connectivity index (χ1v) is 35.1. The van der Waals surface area contributed by atoms with E-state index in [1.54, 1.807) is 67.8 Å². The highest BCUT2D eigenvalue weighted by Gasteiger charge is 2.66. The fourth-order valence-corrected chi connectivity index (χ4v) is 17.7. The number of ether oxygens (including phenoxy) is 6. The average Bonchev–Trinajstić information content (AvgIpc) is 0.755. The Balaban J connectivity index is 0.728. The fourth-order valence-electron chi connectivity index (χ4n) is 16.2.